The number of benzene rings is 1. The number of hydrogen-bond donors (Lipinski definition) is 1. The van der Waals surface area contributed by atoms with Crippen molar-refractivity contribution in [2.75, 3.05) is 11.9 Å². The number of ketones is 1. The number of rotatable bonds is 4. The van der Waals surface area contributed by atoms with Crippen LogP contribution < -0.4 is 5.32 Å². The molecule has 0 amide bonds. The SMILES string of the molecule is CC(=O)CNc1c(C)cccc1C(C)C. The average molecular weight is 205 g/mol. The fraction of sp³-hybridized carbons (Fsp3) is 0.462. The summed E-state index contributed by atoms with van der Waals surface area (Å²) in [6.45, 7) is 8.39. The Morgan fingerprint density at radius 2 is 2.07 bits per heavy atom. The van der Waals surface area contributed by atoms with Gasteiger partial charge in [0.05, 0.1) is 6.54 Å². The van der Waals surface area contributed by atoms with Crippen LogP contribution in [-0.4, -0.2) is 12.3 Å². The molecule has 2 heteroatoms. The van der Waals surface area contributed by atoms with Crippen LogP contribution in [0.3, 0.4) is 0 Å². The minimum atomic E-state index is 0.160. The van der Waals surface area contributed by atoms with Gasteiger partial charge >= 0.3 is 0 Å². The van der Waals surface area contributed by atoms with Crippen LogP contribution in [0.2, 0.25) is 0 Å². The highest BCUT2D eigenvalue weighted by Crippen LogP contribution is 2.26. The maximum Gasteiger partial charge on any atom is 0.148 e. The summed E-state index contributed by atoms with van der Waals surface area (Å²) in [6.07, 6.45) is 0. The lowest BCUT2D eigenvalue weighted by molar-refractivity contribution is -0.115. The van der Waals surface area contributed by atoms with E-state index in [0.29, 0.717) is 12.5 Å². The van der Waals surface area contributed by atoms with Gasteiger partial charge in [-0.3, -0.25) is 4.79 Å². The average Bonchev–Trinajstić information content (AvgIpc) is 2.15. The van der Waals surface area contributed by atoms with Crippen LogP contribution in [-0.2, 0) is 4.79 Å². The van der Waals surface area contributed by atoms with Gasteiger partial charge in [0, 0.05) is 5.69 Å². The highest BCUT2D eigenvalue weighted by atomic mass is 16.1. The van der Waals surface area contributed by atoms with Gasteiger partial charge in [0.2, 0.25) is 0 Å². The summed E-state index contributed by atoms with van der Waals surface area (Å²) in [7, 11) is 0. The Labute approximate surface area is 91.7 Å². The highest BCUT2D eigenvalue weighted by molar-refractivity contribution is 5.81. The monoisotopic (exact) mass is 205 g/mol. The molecule has 0 radical (unpaired) electrons. The number of nitrogens with one attached hydrogen (secondary N) is 1. The lowest BCUT2D eigenvalue weighted by atomic mass is 9.98. The number of aryl methyl sites for hydroxylation is 1. The predicted molar refractivity (Wildman–Crippen MR) is 64.4 cm³/mol. The molecular weight excluding hydrogens is 186 g/mol. The molecule has 0 saturated carbocycles. The molecule has 15 heavy (non-hydrogen) atoms. The van der Waals surface area contributed by atoms with Crippen molar-refractivity contribution in [3.63, 3.8) is 0 Å². The summed E-state index contributed by atoms with van der Waals surface area (Å²) in [5.41, 5.74) is 3.58. The molecule has 1 aromatic rings. The van der Waals surface area contributed by atoms with Gasteiger partial charge in [-0.05, 0) is 30.9 Å². The first-order valence-corrected chi connectivity index (χ1v) is 5.35. The fourth-order valence-electron chi connectivity index (χ4n) is 1.63. The Bertz CT molecular complexity index is 356. The predicted octanol–water partition coefficient (Wildman–Crippen LogP) is 3.12. The number of hydrogen-bond acceptors (Lipinski definition) is 2. The summed E-state index contributed by atoms with van der Waals surface area (Å²) in [5, 5.41) is 3.21. The lowest BCUT2D eigenvalue weighted by Gasteiger charge is -2.16. The molecule has 0 unspecified atom stereocenters. The van der Waals surface area contributed by atoms with Crippen LogP contribution >= 0.6 is 0 Å². The molecule has 0 spiro atoms. The van der Waals surface area contributed by atoms with E-state index in [9.17, 15) is 4.79 Å². The number of Topliss-reactive ketones (excluding diaryl/α,β-unsaturated/α-hetero) is 1. The van der Waals surface area contributed by atoms with Crippen molar-refractivity contribution >= 4 is 11.5 Å². The van der Waals surface area contributed by atoms with E-state index in [2.05, 4.69) is 44.3 Å². The van der Waals surface area contributed by atoms with E-state index in [1.807, 2.05) is 0 Å². The van der Waals surface area contributed by atoms with Crippen LogP contribution in [0, 0.1) is 6.92 Å². The van der Waals surface area contributed by atoms with E-state index in [1.165, 1.54) is 11.1 Å². The largest absolute Gasteiger partial charge is 0.378 e. The topological polar surface area (TPSA) is 29.1 Å². The summed E-state index contributed by atoms with van der Waals surface area (Å²) in [5.74, 6) is 0.632. The Morgan fingerprint density at radius 1 is 1.40 bits per heavy atom. The standard InChI is InChI=1S/C13H19NO/c1-9(2)12-7-5-6-10(3)13(12)14-8-11(4)15/h5-7,9,14H,8H2,1-4H3. The molecule has 1 N–H and O–H groups in total. The van der Waals surface area contributed by atoms with Gasteiger partial charge in [0.25, 0.3) is 0 Å². The molecule has 1 aromatic carbocycles. The van der Waals surface area contributed by atoms with E-state index in [4.69, 9.17) is 0 Å². The van der Waals surface area contributed by atoms with Crippen molar-refractivity contribution in [1.82, 2.24) is 0 Å². The zero-order valence-electron chi connectivity index (χ0n) is 9.92. The maximum atomic E-state index is 10.9. The Hall–Kier alpha value is -1.31. The number of carbonyl (C=O) groups is 1. The van der Waals surface area contributed by atoms with Crippen molar-refractivity contribution in [1.29, 1.82) is 0 Å². The smallest absolute Gasteiger partial charge is 0.148 e. The zero-order valence-corrected chi connectivity index (χ0v) is 9.92. The lowest BCUT2D eigenvalue weighted by Crippen LogP contribution is -2.12. The van der Waals surface area contributed by atoms with Gasteiger partial charge in [-0.25, -0.2) is 0 Å². The normalized spacial score (nSPS) is 10.5. The van der Waals surface area contributed by atoms with Gasteiger partial charge in [0.1, 0.15) is 5.78 Å². The Balaban J connectivity index is 2.97. The third-order valence-corrected chi connectivity index (χ3v) is 2.44. The molecule has 2 nitrogen and oxygen atoms in total. The molecule has 0 saturated heterocycles. The minimum absolute atomic E-state index is 0.160. The molecular formula is C13H19NO. The Kier molecular flexibility index (Phi) is 3.89. The summed E-state index contributed by atoms with van der Waals surface area (Å²) >= 11 is 0. The second kappa shape index (κ2) is 4.96. The molecule has 0 heterocycles. The van der Waals surface area contributed by atoms with Crippen molar-refractivity contribution in [2.24, 2.45) is 0 Å². The van der Waals surface area contributed by atoms with E-state index >= 15 is 0 Å². The van der Waals surface area contributed by atoms with Crippen LogP contribution in [0.1, 0.15) is 37.8 Å². The van der Waals surface area contributed by atoms with Gasteiger partial charge in [0.15, 0.2) is 0 Å². The quantitative estimate of drug-likeness (QED) is 0.818. The third-order valence-electron chi connectivity index (χ3n) is 2.44. The van der Waals surface area contributed by atoms with Crippen LogP contribution in [0.5, 0.6) is 0 Å². The van der Waals surface area contributed by atoms with E-state index in [-0.39, 0.29) is 5.78 Å². The number of para-hydroxylation sites is 1. The van der Waals surface area contributed by atoms with E-state index < -0.39 is 0 Å². The van der Waals surface area contributed by atoms with E-state index in [1.54, 1.807) is 6.92 Å². The second-order valence-corrected chi connectivity index (χ2v) is 4.25. The highest BCUT2D eigenvalue weighted by Gasteiger charge is 2.08. The fourth-order valence-corrected chi connectivity index (χ4v) is 1.63. The van der Waals surface area contributed by atoms with Crippen LogP contribution in [0.15, 0.2) is 18.2 Å². The van der Waals surface area contributed by atoms with Crippen molar-refractivity contribution in [2.45, 2.75) is 33.6 Å². The maximum absolute atomic E-state index is 10.9. The molecule has 0 atom stereocenters. The zero-order chi connectivity index (χ0) is 11.4. The molecule has 0 aromatic heterocycles. The van der Waals surface area contributed by atoms with Crippen molar-refractivity contribution < 1.29 is 4.79 Å². The van der Waals surface area contributed by atoms with Gasteiger partial charge in [-0.2, -0.15) is 0 Å². The molecule has 0 aliphatic heterocycles. The minimum Gasteiger partial charge on any atom is -0.378 e. The van der Waals surface area contributed by atoms with Crippen molar-refractivity contribution in [3.8, 4) is 0 Å². The molecule has 0 bridgehead atoms. The molecule has 82 valence electrons. The molecule has 0 aliphatic carbocycles. The first-order valence-electron chi connectivity index (χ1n) is 5.35. The molecule has 0 aliphatic rings. The van der Waals surface area contributed by atoms with Crippen molar-refractivity contribution in [3.05, 3.63) is 29.3 Å². The Morgan fingerprint density at radius 3 is 2.60 bits per heavy atom. The first-order chi connectivity index (χ1) is 7.02. The molecule has 1 rings (SSSR count). The molecule has 0 fully saturated rings. The first kappa shape index (κ1) is 11.8. The third kappa shape index (κ3) is 3.08. The van der Waals surface area contributed by atoms with Crippen LogP contribution in [0.25, 0.3) is 0 Å². The van der Waals surface area contributed by atoms with Gasteiger partial charge in [-0.15, -0.1) is 0 Å². The summed E-state index contributed by atoms with van der Waals surface area (Å²) in [4.78, 5) is 10.9. The number of carbonyl (C=O) groups excluding carboxylic acids is 1. The van der Waals surface area contributed by atoms with Gasteiger partial charge in [-0.1, -0.05) is 32.0 Å². The van der Waals surface area contributed by atoms with E-state index in [0.717, 1.165) is 5.69 Å². The second-order valence-electron chi connectivity index (χ2n) is 4.25. The summed E-state index contributed by atoms with van der Waals surface area (Å²) in [6, 6.07) is 6.23. The number of anilines is 1. The van der Waals surface area contributed by atoms with Crippen LogP contribution in [0.4, 0.5) is 5.69 Å². The van der Waals surface area contributed by atoms with Gasteiger partial charge < -0.3 is 5.32 Å². The summed E-state index contributed by atoms with van der Waals surface area (Å²) < 4.78 is 0.